The van der Waals surface area contributed by atoms with Gasteiger partial charge in [-0.05, 0) is 12.1 Å². The number of aromatic nitrogens is 2. The molecule has 2 rings (SSSR count). The van der Waals surface area contributed by atoms with Crippen LogP contribution < -0.4 is 0 Å². The van der Waals surface area contributed by atoms with E-state index in [0.717, 1.165) is 5.56 Å². The van der Waals surface area contributed by atoms with Gasteiger partial charge >= 0.3 is 0 Å². The Morgan fingerprint density at radius 1 is 1.50 bits per heavy atom. The molecule has 0 bridgehead atoms. The number of carbonyl (C=O) groups is 1. The van der Waals surface area contributed by atoms with E-state index in [1.165, 1.54) is 0 Å². The van der Waals surface area contributed by atoms with Crippen LogP contribution in [0.15, 0.2) is 36.8 Å². The Balaban J connectivity index is 2.22. The van der Waals surface area contributed by atoms with Gasteiger partial charge in [-0.15, -0.1) is 0 Å². The summed E-state index contributed by atoms with van der Waals surface area (Å²) in [5, 5.41) is 8.95. The SMILES string of the molecule is CCC(=O)c1ccn(Cc2cccnc2C#N)c1. The van der Waals surface area contributed by atoms with Crippen LogP contribution in [0.25, 0.3) is 0 Å². The van der Waals surface area contributed by atoms with Gasteiger partial charge in [0.15, 0.2) is 5.78 Å². The van der Waals surface area contributed by atoms with Crippen molar-refractivity contribution in [3.05, 3.63) is 53.6 Å². The quantitative estimate of drug-likeness (QED) is 0.770. The molecule has 2 aromatic heterocycles. The van der Waals surface area contributed by atoms with Gasteiger partial charge in [-0.3, -0.25) is 4.79 Å². The number of nitriles is 1. The number of Topliss-reactive ketones (excluding diaryl/α,β-unsaturated/α-hetero) is 1. The lowest BCUT2D eigenvalue weighted by Crippen LogP contribution is -2.01. The highest BCUT2D eigenvalue weighted by Crippen LogP contribution is 2.10. The third kappa shape index (κ3) is 2.46. The molecule has 0 radical (unpaired) electrons. The van der Waals surface area contributed by atoms with Crippen LogP contribution >= 0.6 is 0 Å². The zero-order valence-corrected chi connectivity index (χ0v) is 10.1. The summed E-state index contributed by atoms with van der Waals surface area (Å²) in [5.74, 6) is 0.125. The molecule has 0 atom stereocenters. The van der Waals surface area contributed by atoms with Gasteiger partial charge < -0.3 is 4.57 Å². The first-order valence-electron chi connectivity index (χ1n) is 5.77. The third-order valence-electron chi connectivity index (χ3n) is 2.74. The number of ketones is 1. The maximum Gasteiger partial charge on any atom is 0.164 e. The summed E-state index contributed by atoms with van der Waals surface area (Å²) < 4.78 is 1.89. The number of nitrogens with zero attached hydrogens (tertiary/aromatic N) is 3. The number of carbonyl (C=O) groups excluding carboxylic acids is 1. The zero-order valence-electron chi connectivity index (χ0n) is 10.1. The van der Waals surface area contributed by atoms with Gasteiger partial charge in [-0.25, -0.2) is 4.98 Å². The minimum absolute atomic E-state index is 0.125. The van der Waals surface area contributed by atoms with E-state index in [2.05, 4.69) is 11.1 Å². The van der Waals surface area contributed by atoms with Crippen LogP contribution in [-0.4, -0.2) is 15.3 Å². The molecule has 0 aromatic carbocycles. The van der Waals surface area contributed by atoms with E-state index in [-0.39, 0.29) is 5.78 Å². The average Bonchev–Trinajstić information content (AvgIpc) is 2.87. The van der Waals surface area contributed by atoms with Crippen LogP contribution in [0.2, 0.25) is 0 Å². The second-order valence-electron chi connectivity index (χ2n) is 3.97. The molecule has 2 heterocycles. The van der Waals surface area contributed by atoms with E-state index < -0.39 is 0 Å². The largest absolute Gasteiger partial charge is 0.349 e. The average molecular weight is 239 g/mol. The Labute approximate surface area is 106 Å². The molecule has 0 spiro atoms. The highest BCUT2D eigenvalue weighted by Gasteiger charge is 2.07. The van der Waals surface area contributed by atoms with Crippen molar-refractivity contribution >= 4 is 5.78 Å². The van der Waals surface area contributed by atoms with Crippen molar-refractivity contribution in [3.63, 3.8) is 0 Å². The Morgan fingerprint density at radius 3 is 3.06 bits per heavy atom. The molecule has 0 aliphatic heterocycles. The van der Waals surface area contributed by atoms with Crippen LogP contribution in [-0.2, 0) is 6.54 Å². The summed E-state index contributed by atoms with van der Waals surface area (Å²) in [6.45, 7) is 2.39. The molecule has 90 valence electrons. The van der Waals surface area contributed by atoms with E-state index in [1.54, 1.807) is 24.5 Å². The first kappa shape index (κ1) is 12.1. The van der Waals surface area contributed by atoms with Crippen molar-refractivity contribution in [2.45, 2.75) is 19.9 Å². The predicted molar refractivity (Wildman–Crippen MR) is 67.1 cm³/mol. The van der Waals surface area contributed by atoms with E-state index >= 15 is 0 Å². The Morgan fingerprint density at radius 2 is 2.33 bits per heavy atom. The van der Waals surface area contributed by atoms with Gasteiger partial charge in [0.25, 0.3) is 0 Å². The molecular weight excluding hydrogens is 226 g/mol. The molecule has 0 amide bonds. The highest BCUT2D eigenvalue weighted by molar-refractivity contribution is 5.95. The standard InChI is InChI=1S/C14H13N3O/c1-2-14(18)12-5-7-17(10-12)9-11-4-3-6-16-13(11)8-15/h3-7,10H,2,9H2,1H3. The molecule has 4 nitrogen and oxygen atoms in total. The molecule has 2 aromatic rings. The fourth-order valence-corrected chi connectivity index (χ4v) is 1.77. The summed E-state index contributed by atoms with van der Waals surface area (Å²) in [6, 6.07) is 7.54. The minimum atomic E-state index is 0.125. The van der Waals surface area contributed by atoms with Crippen molar-refractivity contribution < 1.29 is 4.79 Å². The topological polar surface area (TPSA) is 58.7 Å². The van der Waals surface area contributed by atoms with Crippen molar-refractivity contribution in [1.29, 1.82) is 5.26 Å². The molecule has 0 N–H and O–H groups in total. The summed E-state index contributed by atoms with van der Waals surface area (Å²) in [7, 11) is 0. The number of pyridine rings is 1. The normalized spacial score (nSPS) is 10.0. The summed E-state index contributed by atoms with van der Waals surface area (Å²) in [6.07, 6.45) is 5.75. The van der Waals surface area contributed by atoms with Gasteiger partial charge in [0.05, 0.1) is 0 Å². The van der Waals surface area contributed by atoms with Crippen LogP contribution in [0.3, 0.4) is 0 Å². The second-order valence-corrected chi connectivity index (χ2v) is 3.97. The monoisotopic (exact) mass is 239 g/mol. The summed E-state index contributed by atoms with van der Waals surface area (Å²) in [5.41, 5.74) is 1.99. The first-order chi connectivity index (χ1) is 8.74. The smallest absolute Gasteiger partial charge is 0.164 e. The van der Waals surface area contributed by atoms with Gasteiger partial charge in [-0.2, -0.15) is 5.26 Å². The lowest BCUT2D eigenvalue weighted by atomic mass is 10.2. The van der Waals surface area contributed by atoms with Crippen molar-refractivity contribution in [2.24, 2.45) is 0 Å². The summed E-state index contributed by atoms with van der Waals surface area (Å²) in [4.78, 5) is 15.5. The molecule has 0 saturated heterocycles. The van der Waals surface area contributed by atoms with Crippen LogP contribution in [0.4, 0.5) is 0 Å². The van der Waals surface area contributed by atoms with Gasteiger partial charge in [0, 0.05) is 42.7 Å². The van der Waals surface area contributed by atoms with Crippen LogP contribution in [0.1, 0.15) is 35.0 Å². The highest BCUT2D eigenvalue weighted by atomic mass is 16.1. The van der Waals surface area contributed by atoms with E-state index in [4.69, 9.17) is 5.26 Å². The lowest BCUT2D eigenvalue weighted by Gasteiger charge is -2.04. The molecule has 0 aliphatic carbocycles. The molecule has 18 heavy (non-hydrogen) atoms. The molecule has 0 unspecified atom stereocenters. The first-order valence-corrected chi connectivity index (χ1v) is 5.77. The Bertz CT molecular complexity index is 607. The van der Waals surface area contributed by atoms with Gasteiger partial charge in [-0.1, -0.05) is 13.0 Å². The van der Waals surface area contributed by atoms with E-state index in [0.29, 0.717) is 24.2 Å². The number of hydrogen-bond donors (Lipinski definition) is 0. The van der Waals surface area contributed by atoms with E-state index in [9.17, 15) is 4.79 Å². The maximum atomic E-state index is 11.5. The maximum absolute atomic E-state index is 11.5. The zero-order chi connectivity index (χ0) is 13.0. The summed E-state index contributed by atoms with van der Waals surface area (Å²) >= 11 is 0. The fraction of sp³-hybridized carbons (Fsp3) is 0.214. The van der Waals surface area contributed by atoms with Crippen LogP contribution in [0, 0.1) is 11.3 Å². The molecule has 0 aliphatic rings. The molecule has 0 saturated carbocycles. The number of rotatable bonds is 4. The Hall–Kier alpha value is -2.41. The predicted octanol–water partition coefficient (Wildman–Crippen LogP) is 2.40. The molecule has 4 heteroatoms. The molecular formula is C14H13N3O. The molecule has 0 fully saturated rings. The Kier molecular flexibility index (Phi) is 3.54. The van der Waals surface area contributed by atoms with Gasteiger partial charge in [0.2, 0.25) is 0 Å². The van der Waals surface area contributed by atoms with E-state index in [1.807, 2.05) is 23.8 Å². The fourth-order valence-electron chi connectivity index (χ4n) is 1.77. The number of hydrogen-bond acceptors (Lipinski definition) is 3. The lowest BCUT2D eigenvalue weighted by molar-refractivity contribution is 0.0988. The van der Waals surface area contributed by atoms with Crippen molar-refractivity contribution in [1.82, 2.24) is 9.55 Å². The van der Waals surface area contributed by atoms with Crippen molar-refractivity contribution in [2.75, 3.05) is 0 Å². The van der Waals surface area contributed by atoms with Crippen LogP contribution in [0.5, 0.6) is 0 Å². The van der Waals surface area contributed by atoms with Gasteiger partial charge in [0.1, 0.15) is 11.8 Å². The third-order valence-corrected chi connectivity index (χ3v) is 2.74. The second kappa shape index (κ2) is 5.28. The minimum Gasteiger partial charge on any atom is -0.349 e. The van der Waals surface area contributed by atoms with Crippen molar-refractivity contribution in [3.8, 4) is 6.07 Å².